The number of aliphatic hydroxyl groups excluding tert-OH is 1. The van der Waals surface area contributed by atoms with Crippen LogP contribution in [-0.2, 0) is 12.1 Å². The Labute approximate surface area is 89.7 Å². The third kappa shape index (κ3) is 2.29. The van der Waals surface area contributed by atoms with Crippen LogP contribution in [0, 0.1) is 0 Å². The van der Waals surface area contributed by atoms with Gasteiger partial charge in [0.1, 0.15) is 12.4 Å². The quantitative estimate of drug-likeness (QED) is 0.830. The first-order valence-corrected chi connectivity index (χ1v) is 4.90. The molecule has 1 N–H and O–H groups in total. The molecule has 0 aliphatic carbocycles. The number of aliphatic hydroxyl groups is 1. The largest absolute Gasteiger partial charge is 0.496 e. The molecule has 1 aromatic rings. The van der Waals surface area contributed by atoms with Crippen LogP contribution in [0.5, 0.6) is 5.75 Å². The van der Waals surface area contributed by atoms with Crippen molar-refractivity contribution in [2.24, 2.45) is 0 Å². The van der Waals surface area contributed by atoms with Crippen LogP contribution < -0.4 is 4.74 Å². The van der Waals surface area contributed by atoms with Crippen molar-refractivity contribution >= 4 is 0 Å². The van der Waals surface area contributed by atoms with Gasteiger partial charge in [-0.3, -0.25) is 0 Å². The first-order chi connectivity index (χ1) is 7.06. The van der Waals surface area contributed by atoms with E-state index in [0.29, 0.717) is 11.3 Å². The molecule has 0 radical (unpaired) electrons. The van der Waals surface area contributed by atoms with Gasteiger partial charge in [0.2, 0.25) is 0 Å². The van der Waals surface area contributed by atoms with E-state index in [-0.39, 0.29) is 6.61 Å². The van der Waals surface area contributed by atoms with E-state index in [4.69, 9.17) is 4.74 Å². The van der Waals surface area contributed by atoms with Gasteiger partial charge >= 0.3 is 0 Å². The second kappa shape index (κ2) is 4.62. The van der Waals surface area contributed by atoms with Gasteiger partial charge in [-0.2, -0.15) is 0 Å². The molecule has 0 amide bonds. The molecular weight excluding hydrogens is 195 g/mol. The summed E-state index contributed by atoms with van der Waals surface area (Å²) >= 11 is 0. The van der Waals surface area contributed by atoms with E-state index >= 15 is 0 Å². The minimum atomic E-state index is -0.546. The van der Waals surface area contributed by atoms with E-state index in [1.165, 1.54) is 0 Å². The predicted octanol–water partition coefficient (Wildman–Crippen LogP) is 2.43. The zero-order valence-electron chi connectivity index (χ0n) is 9.38. The standard InChI is InChI=1S/C12H17FO2/c1-12(2,8-14)11-9(7-13)5-4-6-10(11)15-3/h4-6,14H,7-8H2,1-3H3. The first-order valence-electron chi connectivity index (χ1n) is 4.90. The fourth-order valence-corrected chi connectivity index (χ4v) is 1.71. The lowest BCUT2D eigenvalue weighted by Crippen LogP contribution is -2.24. The van der Waals surface area contributed by atoms with Crippen molar-refractivity contribution in [2.45, 2.75) is 25.9 Å². The van der Waals surface area contributed by atoms with E-state index in [1.54, 1.807) is 25.3 Å². The van der Waals surface area contributed by atoms with Crippen molar-refractivity contribution in [2.75, 3.05) is 13.7 Å². The van der Waals surface area contributed by atoms with Gasteiger partial charge in [-0.05, 0) is 11.6 Å². The topological polar surface area (TPSA) is 29.5 Å². The van der Waals surface area contributed by atoms with Crippen LogP contribution in [-0.4, -0.2) is 18.8 Å². The number of benzene rings is 1. The Bertz CT molecular complexity index is 312. The van der Waals surface area contributed by atoms with E-state index in [1.807, 2.05) is 13.8 Å². The van der Waals surface area contributed by atoms with Crippen molar-refractivity contribution in [3.63, 3.8) is 0 Å². The lowest BCUT2D eigenvalue weighted by Gasteiger charge is -2.26. The van der Waals surface area contributed by atoms with Gasteiger partial charge < -0.3 is 9.84 Å². The summed E-state index contributed by atoms with van der Waals surface area (Å²) in [6.45, 7) is 3.14. The molecule has 0 aliphatic heterocycles. The number of methoxy groups -OCH3 is 1. The minimum Gasteiger partial charge on any atom is -0.496 e. The lowest BCUT2D eigenvalue weighted by atomic mass is 9.82. The summed E-state index contributed by atoms with van der Waals surface area (Å²) in [5.41, 5.74) is 0.833. The molecule has 0 saturated heterocycles. The molecule has 1 rings (SSSR count). The van der Waals surface area contributed by atoms with Crippen LogP contribution in [0.4, 0.5) is 4.39 Å². The van der Waals surface area contributed by atoms with Crippen LogP contribution in [0.2, 0.25) is 0 Å². The Kier molecular flexibility index (Phi) is 3.69. The first kappa shape index (κ1) is 12.0. The van der Waals surface area contributed by atoms with Crippen LogP contribution in [0.1, 0.15) is 25.0 Å². The molecule has 0 spiro atoms. The molecule has 2 nitrogen and oxygen atoms in total. The highest BCUT2D eigenvalue weighted by molar-refractivity contribution is 5.45. The second-order valence-electron chi connectivity index (χ2n) is 4.17. The van der Waals surface area contributed by atoms with E-state index in [2.05, 4.69) is 0 Å². The molecule has 0 aliphatic rings. The Balaban J connectivity index is 3.34. The van der Waals surface area contributed by atoms with Gasteiger partial charge in [0, 0.05) is 11.0 Å². The summed E-state index contributed by atoms with van der Waals surface area (Å²) in [5.74, 6) is 0.629. The molecule has 0 fully saturated rings. The van der Waals surface area contributed by atoms with E-state index < -0.39 is 12.1 Å². The van der Waals surface area contributed by atoms with Crippen molar-refractivity contribution in [3.05, 3.63) is 29.3 Å². The normalized spacial score (nSPS) is 11.5. The summed E-state index contributed by atoms with van der Waals surface area (Å²) in [6.07, 6.45) is 0. The molecular formula is C12H17FO2. The second-order valence-corrected chi connectivity index (χ2v) is 4.17. The Hall–Kier alpha value is -1.09. The van der Waals surface area contributed by atoms with Gasteiger partial charge in [0.05, 0.1) is 13.7 Å². The number of alkyl halides is 1. The van der Waals surface area contributed by atoms with E-state index in [9.17, 15) is 9.50 Å². The Morgan fingerprint density at radius 1 is 1.40 bits per heavy atom. The Morgan fingerprint density at radius 2 is 2.07 bits per heavy atom. The number of ether oxygens (including phenoxy) is 1. The maximum atomic E-state index is 12.8. The van der Waals surface area contributed by atoms with Gasteiger partial charge in [-0.15, -0.1) is 0 Å². The molecule has 3 heteroatoms. The van der Waals surface area contributed by atoms with Crippen molar-refractivity contribution in [1.82, 2.24) is 0 Å². The summed E-state index contributed by atoms with van der Waals surface area (Å²) < 4.78 is 18.0. The van der Waals surface area contributed by atoms with Gasteiger partial charge in [0.15, 0.2) is 0 Å². The number of hydrogen-bond donors (Lipinski definition) is 1. The van der Waals surface area contributed by atoms with Crippen LogP contribution in [0.25, 0.3) is 0 Å². The summed E-state index contributed by atoms with van der Waals surface area (Å²) in [4.78, 5) is 0. The summed E-state index contributed by atoms with van der Waals surface area (Å²) in [7, 11) is 1.55. The zero-order valence-corrected chi connectivity index (χ0v) is 9.38. The summed E-state index contributed by atoms with van der Waals surface area (Å²) in [6, 6.07) is 5.26. The smallest absolute Gasteiger partial charge is 0.123 e. The van der Waals surface area contributed by atoms with Gasteiger partial charge in [0.25, 0.3) is 0 Å². The predicted molar refractivity (Wildman–Crippen MR) is 57.9 cm³/mol. The van der Waals surface area contributed by atoms with Crippen molar-refractivity contribution < 1.29 is 14.2 Å². The molecule has 84 valence electrons. The summed E-state index contributed by atoms with van der Waals surface area (Å²) in [5, 5.41) is 9.31. The molecule has 1 aromatic carbocycles. The fourth-order valence-electron chi connectivity index (χ4n) is 1.71. The van der Waals surface area contributed by atoms with Crippen LogP contribution >= 0.6 is 0 Å². The highest BCUT2D eigenvalue weighted by Gasteiger charge is 2.26. The third-order valence-electron chi connectivity index (χ3n) is 2.55. The van der Waals surface area contributed by atoms with Crippen LogP contribution in [0.15, 0.2) is 18.2 Å². The number of halogens is 1. The lowest BCUT2D eigenvalue weighted by molar-refractivity contribution is 0.213. The fraction of sp³-hybridized carbons (Fsp3) is 0.500. The minimum absolute atomic E-state index is 0.0413. The molecule has 0 saturated carbocycles. The number of hydrogen-bond acceptors (Lipinski definition) is 2. The average molecular weight is 212 g/mol. The van der Waals surface area contributed by atoms with Crippen LogP contribution in [0.3, 0.4) is 0 Å². The molecule has 15 heavy (non-hydrogen) atoms. The third-order valence-corrected chi connectivity index (χ3v) is 2.55. The van der Waals surface area contributed by atoms with E-state index in [0.717, 1.165) is 5.56 Å². The highest BCUT2D eigenvalue weighted by Crippen LogP contribution is 2.34. The number of rotatable bonds is 4. The monoisotopic (exact) mass is 212 g/mol. The Morgan fingerprint density at radius 3 is 2.53 bits per heavy atom. The average Bonchev–Trinajstić information content (AvgIpc) is 2.27. The SMILES string of the molecule is COc1cccc(CF)c1C(C)(C)CO. The van der Waals surface area contributed by atoms with Crippen molar-refractivity contribution in [1.29, 1.82) is 0 Å². The van der Waals surface area contributed by atoms with Gasteiger partial charge in [-0.1, -0.05) is 26.0 Å². The molecule has 0 heterocycles. The van der Waals surface area contributed by atoms with Crippen molar-refractivity contribution in [3.8, 4) is 5.75 Å². The zero-order chi connectivity index (χ0) is 11.5. The maximum absolute atomic E-state index is 12.8. The highest BCUT2D eigenvalue weighted by atomic mass is 19.1. The molecule has 0 aromatic heterocycles. The molecule has 0 atom stereocenters. The molecule has 0 bridgehead atoms. The maximum Gasteiger partial charge on any atom is 0.123 e. The van der Waals surface area contributed by atoms with Gasteiger partial charge in [-0.25, -0.2) is 4.39 Å². The molecule has 0 unspecified atom stereocenters.